The minimum atomic E-state index is 0.665. The first-order chi connectivity index (χ1) is 11.8. The Hall–Kier alpha value is -2.18. The second kappa shape index (κ2) is 8.61. The van der Waals surface area contributed by atoms with Crippen molar-refractivity contribution in [3.63, 3.8) is 0 Å². The number of thiazole rings is 1. The lowest BCUT2D eigenvalue weighted by Gasteiger charge is -2.09. The van der Waals surface area contributed by atoms with Gasteiger partial charge in [-0.25, -0.2) is 9.98 Å². The van der Waals surface area contributed by atoms with E-state index in [1.165, 1.54) is 5.56 Å². The third-order valence-electron chi connectivity index (χ3n) is 3.35. The van der Waals surface area contributed by atoms with Crippen LogP contribution in [0.5, 0.6) is 0 Å². The predicted octanol–water partition coefficient (Wildman–Crippen LogP) is 4.13. The van der Waals surface area contributed by atoms with Crippen molar-refractivity contribution < 1.29 is 0 Å². The summed E-state index contributed by atoms with van der Waals surface area (Å²) >= 11 is 3.37. The third-order valence-corrected chi connectivity index (χ3v) is 5.03. The molecule has 0 aliphatic heterocycles. The number of aliphatic imine (C=N–C) groups is 1. The van der Waals surface area contributed by atoms with Crippen LogP contribution in [0.3, 0.4) is 0 Å². The van der Waals surface area contributed by atoms with E-state index in [-0.39, 0.29) is 0 Å². The van der Waals surface area contributed by atoms with Crippen LogP contribution in [-0.2, 0) is 13.1 Å². The highest BCUT2D eigenvalue weighted by molar-refractivity contribution is 7.13. The molecule has 4 nitrogen and oxygen atoms in total. The van der Waals surface area contributed by atoms with E-state index in [0.717, 1.165) is 28.8 Å². The zero-order chi connectivity index (χ0) is 16.6. The first-order valence-electron chi connectivity index (χ1n) is 7.88. The van der Waals surface area contributed by atoms with Gasteiger partial charge < -0.3 is 10.6 Å². The zero-order valence-electron chi connectivity index (χ0n) is 13.5. The summed E-state index contributed by atoms with van der Waals surface area (Å²) in [5.41, 5.74) is 3.42. The van der Waals surface area contributed by atoms with E-state index in [1.807, 2.05) is 18.2 Å². The number of thiophene rings is 1. The van der Waals surface area contributed by atoms with E-state index < -0.39 is 0 Å². The minimum absolute atomic E-state index is 0.665. The van der Waals surface area contributed by atoms with E-state index in [9.17, 15) is 0 Å². The Bertz CT molecular complexity index is 763. The molecule has 0 aliphatic rings. The molecule has 0 bridgehead atoms. The predicted molar refractivity (Wildman–Crippen MR) is 104 cm³/mol. The monoisotopic (exact) mass is 356 g/mol. The van der Waals surface area contributed by atoms with Gasteiger partial charge in [-0.05, 0) is 29.3 Å². The molecular weight excluding hydrogens is 336 g/mol. The molecule has 0 unspecified atom stereocenters. The average molecular weight is 357 g/mol. The lowest BCUT2D eigenvalue weighted by molar-refractivity contribution is 0.804. The maximum absolute atomic E-state index is 4.70. The molecule has 24 heavy (non-hydrogen) atoms. The lowest BCUT2D eigenvalue weighted by atomic mass is 10.2. The van der Waals surface area contributed by atoms with Gasteiger partial charge in [-0.1, -0.05) is 30.3 Å². The van der Waals surface area contributed by atoms with Crippen molar-refractivity contribution in [3.8, 4) is 10.6 Å². The lowest BCUT2D eigenvalue weighted by Crippen LogP contribution is -2.36. The summed E-state index contributed by atoms with van der Waals surface area (Å²) < 4.78 is 0. The molecule has 0 aliphatic carbocycles. The Labute approximate surface area is 150 Å². The highest BCUT2D eigenvalue weighted by Gasteiger charge is 2.05. The summed E-state index contributed by atoms with van der Waals surface area (Å²) in [6.07, 6.45) is 0. The van der Waals surface area contributed by atoms with Crippen molar-refractivity contribution >= 4 is 28.6 Å². The average Bonchev–Trinajstić information content (AvgIpc) is 3.30. The quantitative estimate of drug-likeness (QED) is 0.516. The van der Waals surface area contributed by atoms with Crippen molar-refractivity contribution in [2.45, 2.75) is 20.0 Å². The van der Waals surface area contributed by atoms with Gasteiger partial charge in [0.2, 0.25) is 0 Å². The van der Waals surface area contributed by atoms with Crippen molar-refractivity contribution in [2.24, 2.45) is 4.99 Å². The number of aromatic nitrogens is 1. The summed E-state index contributed by atoms with van der Waals surface area (Å²) in [6, 6.07) is 12.4. The number of nitrogens with zero attached hydrogens (tertiary/aromatic N) is 2. The number of hydrogen-bond acceptors (Lipinski definition) is 4. The topological polar surface area (TPSA) is 49.3 Å². The fourth-order valence-electron chi connectivity index (χ4n) is 2.17. The Morgan fingerprint density at radius 1 is 1.12 bits per heavy atom. The maximum atomic E-state index is 4.70. The zero-order valence-corrected chi connectivity index (χ0v) is 15.2. The Balaban J connectivity index is 1.60. The molecule has 0 saturated carbocycles. The first kappa shape index (κ1) is 16.7. The van der Waals surface area contributed by atoms with E-state index in [1.54, 1.807) is 22.7 Å². The molecular formula is C18H20N4S2. The Kier molecular flexibility index (Phi) is 5.98. The largest absolute Gasteiger partial charge is 0.357 e. The molecule has 6 heteroatoms. The summed E-state index contributed by atoms with van der Waals surface area (Å²) in [5, 5.41) is 14.0. The Morgan fingerprint density at radius 3 is 2.75 bits per heavy atom. The van der Waals surface area contributed by atoms with Crippen LogP contribution in [0.4, 0.5) is 0 Å². The van der Waals surface area contributed by atoms with Crippen LogP contribution < -0.4 is 10.6 Å². The van der Waals surface area contributed by atoms with Crippen molar-refractivity contribution in [1.82, 2.24) is 15.6 Å². The molecule has 3 rings (SSSR count). The Morgan fingerprint density at radius 2 is 2.00 bits per heavy atom. The molecule has 0 atom stereocenters. The van der Waals surface area contributed by atoms with E-state index in [0.29, 0.717) is 13.1 Å². The molecule has 2 aromatic heterocycles. The van der Waals surface area contributed by atoms with Crippen LogP contribution in [0.1, 0.15) is 18.2 Å². The number of guanidine groups is 1. The van der Waals surface area contributed by atoms with Crippen LogP contribution >= 0.6 is 22.7 Å². The summed E-state index contributed by atoms with van der Waals surface area (Å²) in [6.45, 7) is 4.25. The highest BCUT2D eigenvalue weighted by atomic mass is 32.1. The summed E-state index contributed by atoms with van der Waals surface area (Å²) in [7, 11) is 0. The molecule has 3 aromatic rings. The van der Waals surface area contributed by atoms with E-state index in [4.69, 9.17) is 4.98 Å². The van der Waals surface area contributed by atoms with Crippen LogP contribution in [-0.4, -0.2) is 17.5 Å². The molecule has 124 valence electrons. The summed E-state index contributed by atoms with van der Waals surface area (Å²) in [5.74, 6) is 0.818. The third kappa shape index (κ3) is 4.66. The molecule has 0 saturated heterocycles. The SMILES string of the molecule is CCNC(=NCc1ccsc1)NCc1csc(-c2ccccc2)n1. The second-order valence-electron chi connectivity index (χ2n) is 5.19. The number of rotatable bonds is 6. The molecule has 2 N–H and O–H groups in total. The van der Waals surface area contributed by atoms with Gasteiger partial charge in [0.1, 0.15) is 5.01 Å². The van der Waals surface area contributed by atoms with Crippen molar-refractivity contribution in [3.05, 3.63) is 63.8 Å². The van der Waals surface area contributed by atoms with E-state index >= 15 is 0 Å². The minimum Gasteiger partial charge on any atom is -0.357 e. The van der Waals surface area contributed by atoms with Gasteiger partial charge in [-0.15, -0.1) is 11.3 Å². The fourth-order valence-corrected chi connectivity index (χ4v) is 3.66. The van der Waals surface area contributed by atoms with Crippen LogP contribution in [0.2, 0.25) is 0 Å². The van der Waals surface area contributed by atoms with Gasteiger partial charge in [0.05, 0.1) is 18.8 Å². The van der Waals surface area contributed by atoms with Crippen LogP contribution in [0.25, 0.3) is 10.6 Å². The number of benzene rings is 1. The van der Waals surface area contributed by atoms with Crippen molar-refractivity contribution in [1.29, 1.82) is 0 Å². The van der Waals surface area contributed by atoms with Gasteiger partial charge in [0.25, 0.3) is 0 Å². The van der Waals surface area contributed by atoms with Crippen LogP contribution in [0.15, 0.2) is 57.5 Å². The standard InChI is InChI=1S/C18H20N4S2/c1-2-19-18(20-10-14-8-9-23-12-14)21-11-16-13-24-17(22-16)15-6-4-3-5-7-15/h3-9,12-13H,2,10-11H2,1H3,(H2,19,20,21). The van der Waals surface area contributed by atoms with E-state index in [2.05, 4.69) is 56.9 Å². The molecule has 0 fully saturated rings. The summed E-state index contributed by atoms with van der Waals surface area (Å²) in [4.78, 5) is 9.31. The highest BCUT2D eigenvalue weighted by Crippen LogP contribution is 2.23. The van der Waals surface area contributed by atoms with Gasteiger partial charge in [-0.3, -0.25) is 0 Å². The molecule has 0 radical (unpaired) electrons. The van der Waals surface area contributed by atoms with Gasteiger partial charge in [0.15, 0.2) is 5.96 Å². The molecule has 2 heterocycles. The first-order valence-corrected chi connectivity index (χ1v) is 9.70. The van der Waals surface area contributed by atoms with Gasteiger partial charge in [-0.2, -0.15) is 11.3 Å². The molecule has 1 aromatic carbocycles. The normalized spacial score (nSPS) is 11.5. The smallest absolute Gasteiger partial charge is 0.191 e. The maximum Gasteiger partial charge on any atom is 0.191 e. The van der Waals surface area contributed by atoms with Gasteiger partial charge >= 0.3 is 0 Å². The van der Waals surface area contributed by atoms with Crippen LogP contribution in [0, 0.1) is 0 Å². The van der Waals surface area contributed by atoms with Gasteiger partial charge in [0, 0.05) is 17.5 Å². The van der Waals surface area contributed by atoms with Crippen molar-refractivity contribution in [2.75, 3.05) is 6.54 Å². The fraction of sp³-hybridized carbons (Fsp3) is 0.222. The number of hydrogen-bond donors (Lipinski definition) is 2. The molecule has 0 amide bonds. The second-order valence-corrected chi connectivity index (χ2v) is 6.83. The molecule has 0 spiro atoms. The number of nitrogens with one attached hydrogen (secondary N) is 2.